The number of hydrogen-bond donors (Lipinski definition) is 2. The summed E-state index contributed by atoms with van der Waals surface area (Å²) >= 11 is 0. The Morgan fingerprint density at radius 1 is 1.07 bits per heavy atom. The van der Waals surface area contributed by atoms with Crippen molar-refractivity contribution in [2.24, 2.45) is 23.5 Å². The Bertz CT molecular complexity index is 667. The first kappa shape index (κ1) is 22.9. The molecule has 3 N–H and O–H groups in total. The van der Waals surface area contributed by atoms with Gasteiger partial charge in [-0.05, 0) is 37.4 Å². The number of carbonyl (C=O) groups excluding carboxylic acids is 2. The summed E-state index contributed by atoms with van der Waals surface area (Å²) in [5, 5.41) is 3.49. The van der Waals surface area contributed by atoms with Gasteiger partial charge in [0.15, 0.2) is 0 Å². The Labute approximate surface area is 179 Å². The second-order valence-corrected chi connectivity index (χ2v) is 7.94. The van der Waals surface area contributed by atoms with Gasteiger partial charge in [0.1, 0.15) is 0 Å². The Hall–Kier alpha value is -1.34. The number of nitrogens with two attached hydrogens (primary N) is 1. The quantitative estimate of drug-likeness (QED) is 0.760. The lowest BCUT2D eigenvalue weighted by molar-refractivity contribution is -0.134. The lowest BCUT2D eigenvalue weighted by Gasteiger charge is -2.33. The van der Waals surface area contributed by atoms with Crippen molar-refractivity contribution < 1.29 is 9.59 Å². The second-order valence-electron chi connectivity index (χ2n) is 7.94. The van der Waals surface area contributed by atoms with Crippen LogP contribution in [0, 0.1) is 17.8 Å². The number of benzene rings is 1. The molecule has 6 nitrogen and oxygen atoms in total. The predicted molar refractivity (Wildman–Crippen MR) is 114 cm³/mol. The van der Waals surface area contributed by atoms with Crippen LogP contribution >= 0.6 is 24.8 Å². The van der Waals surface area contributed by atoms with Crippen LogP contribution < -0.4 is 11.1 Å². The van der Waals surface area contributed by atoms with Crippen molar-refractivity contribution in [1.82, 2.24) is 15.1 Å². The Morgan fingerprint density at radius 3 is 2.39 bits per heavy atom. The highest BCUT2D eigenvalue weighted by Gasteiger charge is 2.46. The molecule has 28 heavy (non-hydrogen) atoms. The van der Waals surface area contributed by atoms with E-state index >= 15 is 0 Å². The fraction of sp³-hybridized carbons (Fsp3) is 0.600. The van der Waals surface area contributed by atoms with Gasteiger partial charge < -0.3 is 16.0 Å². The van der Waals surface area contributed by atoms with Gasteiger partial charge in [-0.15, -0.1) is 24.8 Å². The van der Waals surface area contributed by atoms with E-state index in [1.165, 1.54) is 5.56 Å². The summed E-state index contributed by atoms with van der Waals surface area (Å²) in [6, 6.07) is 10.6. The number of amides is 2. The number of rotatable bonds is 4. The lowest BCUT2D eigenvalue weighted by atomic mass is 9.89. The topological polar surface area (TPSA) is 78.7 Å². The molecule has 0 unspecified atom stereocenters. The fourth-order valence-electron chi connectivity index (χ4n) is 4.91. The highest BCUT2D eigenvalue weighted by molar-refractivity contribution is 5.85. The summed E-state index contributed by atoms with van der Waals surface area (Å²) in [4.78, 5) is 28.7. The Morgan fingerprint density at radius 2 is 1.75 bits per heavy atom. The molecule has 156 valence electrons. The first-order chi connectivity index (χ1) is 12.6. The van der Waals surface area contributed by atoms with Gasteiger partial charge in [0.2, 0.25) is 11.8 Å². The number of primary amides is 1. The molecule has 0 aliphatic carbocycles. The molecule has 8 heteroatoms. The summed E-state index contributed by atoms with van der Waals surface area (Å²) in [6.45, 7) is 4.82. The zero-order chi connectivity index (χ0) is 18.1. The summed E-state index contributed by atoms with van der Waals surface area (Å²) in [7, 11) is 0. The third-order valence-electron chi connectivity index (χ3n) is 6.37. The molecule has 0 spiro atoms. The van der Waals surface area contributed by atoms with Gasteiger partial charge in [0.25, 0.3) is 0 Å². The zero-order valence-electron chi connectivity index (χ0n) is 16.0. The molecule has 3 fully saturated rings. The summed E-state index contributed by atoms with van der Waals surface area (Å²) in [5.74, 6) is 1.02. The minimum absolute atomic E-state index is 0. The van der Waals surface area contributed by atoms with Crippen LogP contribution in [-0.2, 0) is 9.59 Å². The maximum Gasteiger partial charge on any atom is 0.237 e. The van der Waals surface area contributed by atoms with Gasteiger partial charge in [0, 0.05) is 31.5 Å². The third-order valence-corrected chi connectivity index (χ3v) is 6.37. The number of hydrogen-bond acceptors (Lipinski definition) is 4. The second kappa shape index (κ2) is 9.92. The number of fused-ring (bicyclic) bond motifs is 1. The van der Waals surface area contributed by atoms with E-state index in [1.807, 2.05) is 6.07 Å². The Balaban J connectivity index is 0.00000140. The molecule has 0 radical (unpaired) electrons. The third kappa shape index (κ3) is 4.62. The maximum atomic E-state index is 13.1. The van der Waals surface area contributed by atoms with Gasteiger partial charge in [0.05, 0.1) is 12.6 Å². The highest BCUT2D eigenvalue weighted by Crippen LogP contribution is 2.42. The van der Waals surface area contributed by atoms with Crippen LogP contribution in [0.25, 0.3) is 0 Å². The highest BCUT2D eigenvalue weighted by atomic mass is 35.5. The van der Waals surface area contributed by atoms with Crippen molar-refractivity contribution in [1.29, 1.82) is 0 Å². The normalized spacial score (nSPS) is 27.6. The summed E-state index contributed by atoms with van der Waals surface area (Å²) < 4.78 is 0. The van der Waals surface area contributed by atoms with Crippen molar-refractivity contribution in [2.75, 3.05) is 39.3 Å². The van der Waals surface area contributed by atoms with Crippen molar-refractivity contribution in [3.8, 4) is 0 Å². The molecule has 1 aromatic rings. The van der Waals surface area contributed by atoms with Crippen molar-refractivity contribution in [2.45, 2.75) is 18.9 Å². The van der Waals surface area contributed by atoms with E-state index in [2.05, 4.69) is 39.4 Å². The van der Waals surface area contributed by atoms with Crippen LogP contribution in [0.4, 0.5) is 0 Å². The van der Waals surface area contributed by atoms with Crippen molar-refractivity contribution in [3.05, 3.63) is 35.9 Å². The number of piperidine rings is 1. The molecule has 3 aliphatic rings. The smallest absolute Gasteiger partial charge is 0.237 e. The van der Waals surface area contributed by atoms with E-state index in [0.29, 0.717) is 18.4 Å². The van der Waals surface area contributed by atoms with Crippen LogP contribution in [0.5, 0.6) is 0 Å². The summed E-state index contributed by atoms with van der Waals surface area (Å²) in [5.41, 5.74) is 6.65. The van der Waals surface area contributed by atoms with Gasteiger partial charge in [-0.2, -0.15) is 0 Å². The van der Waals surface area contributed by atoms with E-state index in [9.17, 15) is 9.59 Å². The lowest BCUT2D eigenvalue weighted by Crippen LogP contribution is -2.45. The molecule has 0 saturated carbocycles. The number of nitrogens with one attached hydrogen (secondary N) is 1. The molecule has 3 atom stereocenters. The molecule has 0 bridgehead atoms. The van der Waals surface area contributed by atoms with Crippen LogP contribution in [0.3, 0.4) is 0 Å². The molecule has 2 amide bonds. The molecular formula is C20H30Cl2N4O2. The van der Waals surface area contributed by atoms with E-state index < -0.39 is 0 Å². The molecular weight excluding hydrogens is 399 g/mol. The standard InChI is InChI=1S/C20H28N4O2.2ClH/c21-20(26)15-6-8-23(9-7-15)13-18(25)24-12-16-10-22-11-17(16)19(24)14-4-2-1-3-5-14;;/h1-5,15-17,19,22H,6-13H2,(H2,21,26);2*1H/t16-,17-,19-;;/m0../s1. The van der Waals surface area contributed by atoms with Crippen molar-refractivity contribution in [3.63, 3.8) is 0 Å². The van der Waals surface area contributed by atoms with Crippen LogP contribution in [-0.4, -0.2) is 60.9 Å². The average Bonchev–Trinajstić information content (AvgIpc) is 3.24. The SMILES string of the molecule is Cl.Cl.NC(=O)C1CCN(CC(=O)N2C[C@@H]3CNC[C@@H]3[C@@H]2c2ccccc2)CC1. The molecule has 3 saturated heterocycles. The van der Waals surface area contributed by atoms with Gasteiger partial charge in [-0.1, -0.05) is 30.3 Å². The van der Waals surface area contributed by atoms with Crippen molar-refractivity contribution >= 4 is 36.6 Å². The number of carbonyl (C=O) groups is 2. The average molecular weight is 429 g/mol. The molecule has 3 heterocycles. The summed E-state index contributed by atoms with van der Waals surface area (Å²) in [6.07, 6.45) is 1.53. The van der Waals surface area contributed by atoms with Gasteiger partial charge in [-0.3, -0.25) is 14.5 Å². The Kier molecular flexibility index (Phi) is 8.13. The zero-order valence-corrected chi connectivity index (χ0v) is 17.6. The maximum absolute atomic E-state index is 13.1. The molecule has 0 aromatic heterocycles. The van der Waals surface area contributed by atoms with E-state index in [0.717, 1.165) is 45.6 Å². The first-order valence-electron chi connectivity index (χ1n) is 9.70. The van der Waals surface area contributed by atoms with Gasteiger partial charge >= 0.3 is 0 Å². The largest absolute Gasteiger partial charge is 0.369 e. The number of halogens is 2. The molecule has 1 aromatic carbocycles. The monoisotopic (exact) mass is 428 g/mol. The molecule has 4 rings (SSSR count). The number of nitrogens with zero attached hydrogens (tertiary/aromatic N) is 2. The molecule has 3 aliphatic heterocycles. The predicted octanol–water partition coefficient (Wildman–Crippen LogP) is 1.45. The van der Waals surface area contributed by atoms with Crippen LogP contribution in [0.15, 0.2) is 30.3 Å². The van der Waals surface area contributed by atoms with Gasteiger partial charge in [-0.25, -0.2) is 0 Å². The minimum atomic E-state index is -0.208. The van der Waals surface area contributed by atoms with Crippen LogP contribution in [0.1, 0.15) is 24.4 Å². The number of likely N-dealkylation sites (tertiary alicyclic amines) is 2. The minimum Gasteiger partial charge on any atom is -0.369 e. The van der Waals surface area contributed by atoms with E-state index in [-0.39, 0.29) is 48.6 Å². The first-order valence-corrected chi connectivity index (χ1v) is 9.70. The van der Waals surface area contributed by atoms with E-state index in [1.54, 1.807) is 0 Å². The fourth-order valence-corrected chi connectivity index (χ4v) is 4.91. The van der Waals surface area contributed by atoms with Crippen LogP contribution in [0.2, 0.25) is 0 Å². The van der Waals surface area contributed by atoms with E-state index in [4.69, 9.17) is 5.73 Å².